The third kappa shape index (κ3) is 11.7. The number of amides is 1. The molecule has 1 fully saturated rings. The number of esters is 4. The molecule has 56 heavy (non-hydrogen) atoms. The highest BCUT2D eigenvalue weighted by molar-refractivity contribution is 5.85. The molecule has 2 aliphatic rings. The van der Waals surface area contributed by atoms with Gasteiger partial charge in [0.25, 0.3) is 0 Å². The number of hydrogen-bond donors (Lipinski definition) is 1. The van der Waals surface area contributed by atoms with Gasteiger partial charge in [0.1, 0.15) is 25.4 Å². The number of nitro benzene ring substituents is 1. The van der Waals surface area contributed by atoms with Gasteiger partial charge in [0, 0.05) is 52.0 Å². The molecule has 0 bridgehead atoms. The van der Waals surface area contributed by atoms with Crippen LogP contribution in [0.5, 0.6) is 5.75 Å². The number of methoxy groups -OCH3 is 1. The zero-order chi connectivity index (χ0) is 40.9. The number of para-hydroxylation sites is 1. The van der Waals surface area contributed by atoms with Crippen molar-refractivity contribution in [2.45, 2.75) is 77.7 Å². The number of carbonyl (C=O) groups excluding carboxylic acids is 6. The lowest BCUT2D eigenvalue weighted by atomic mass is 9.98. The summed E-state index contributed by atoms with van der Waals surface area (Å²) in [7, 11) is 1.40. The molecule has 1 aliphatic heterocycles. The van der Waals surface area contributed by atoms with Crippen molar-refractivity contribution in [1.29, 1.82) is 0 Å². The van der Waals surface area contributed by atoms with E-state index in [0.29, 0.717) is 0 Å². The molecule has 6 atom stereocenters. The summed E-state index contributed by atoms with van der Waals surface area (Å²) in [6.45, 7) is 3.04. The number of nitrogens with one attached hydrogen (secondary N) is 1. The third-order valence-corrected chi connectivity index (χ3v) is 7.84. The largest absolute Gasteiger partial charge is 0.463 e. The van der Waals surface area contributed by atoms with Crippen LogP contribution in [0.15, 0.2) is 72.0 Å². The zero-order valence-electron chi connectivity index (χ0n) is 30.7. The molecule has 1 N–H and O–H groups in total. The van der Waals surface area contributed by atoms with Gasteiger partial charge in [0.15, 0.2) is 18.3 Å². The fourth-order valence-electron chi connectivity index (χ4n) is 5.52. The van der Waals surface area contributed by atoms with E-state index >= 15 is 0 Å². The van der Waals surface area contributed by atoms with Crippen LogP contribution in [0.4, 0.5) is 10.5 Å². The summed E-state index contributed by atoms with van der Waals surface area (Å²) in [5.41, 5.74) is -0.0445. The molecule has 0 aromatic heterocycles. The van der Waals surface area contributed by atoms with Gasteiger partial charge < -0.3 is 42.6 Å². The number of allylic oxidation sites excluding steroid dienone is 1. The number of ether oxygens (including phenoxy) is 9. The van der Waals surface area contributed by atoms with Gasteiger partial charge in [0.2, 0.25) is 24.4 Å². The van der Waals surface area contributed by atoms with Crippen molar-refractivity contribution in [3.63, 3.8) is 0 Å². The first-order valence-corrected chi connectivity index (χ1v) is 16.8. The van der Waals surface area contributed by atoms with E-state index in [9.17, 15) is 38.9 Å². The molecule has 1 saturated heterocycles. The van der Waals surface area contributed by atoms with E-state index in [2.05, 4.69) is 5.32 Å². The van der Waals surface area contributed by atoms with Gasteiger partial charge in [-0.15, -0.1) is 0 Å². The van der Waals surface area contributed by atoms with Gasteiger partial charge in [0.05, 0.1) is 17.2 Å². The second kappa shape index (κ2) is 19.9. The Morgan fingerprint density at radius 1 is 0.839 bits per heavy atom. The fraction of sp³-hybridized carbons (Fsp3) is 0.378. The van der Waals surface area contributed by atoms with Gasteiger partial charge in [-0.3, -0.25) is 39.4 Å². The van der Waals surface area contributed by atoms with E-state index in [-0.39, 0.29) is 29.5 Å². The highest BCUT2D eigenvalue weighted by Gasteiger charge is 2.54. The summed E-state index contributed by atoms with van der Waals surface area (Å²) in [6.07, 6.45) is -5.31. The molecule has 2 aromatic carbocycles. The second-order valence-corrected chi connectivity index (χ2v) is 12.0. The van der Waals surface area contributed by atoms with Crippen LogP contribution in [-0.2, 0) is 75.1 Å². The Hall–Kier alpha value is -6.18. The molecule has 1 amide bonds. The molecule has 0 spiro atoms. The highest BCUT2D eigenvalue weighted by atomic mass is 16.7. The van der Waals surface area contributed by atoms with E-state index in [0.717, 1.165) is 39.3 Å². The maximum absolute atomic E-state index is 13.1. The van der Waals surface area contributed by atoms with Crippen molar-refractivity contribution < 1.29 is 76.3 Å². The number of rotatable bonds is 16. The minimum absolute atomic E-state index is 0.0469. The van der Waals surface area contributed by atoms with Crippen molar-refractivity contribution in [2.24, 2.45) is 0 Å². The summed E-state index contributed by atoms with van der Waals surface area (Å²) >= 11 is 0. The number of nitro groups is 1. The third-order valence-electron chi connectivity index (χ3n) is 7.84. The summed E-state index contributed by atoms with van der Waals surface area (Å²) in [5.74, 6) is -4.01. The molecule has 19 heteroatoms. The maximum atomic E-state index is 13.1. The molecule has 0 saturated carbocycles. The van der Waals surface area contributed by atoms with Crippen molar-refractivity contribution in [3.8, 4) is 5.75 Å². The molecule has 1 heterocycles. The fourth-order valence-corrected chi connectivity index (χ4v) is 5.52. The van der Waals surface area contributed by atoms with Gasteiger partial charge in [-0.1, -0.05) is 42.5 Å². The van der Waals surface area contributed by atoms with E-state index < -0.39 is 96.4 Å². The minimum Gasteiger partial charge on any atom is -0.463 e. The Balaban J connectivity index is 1.61. The zero-order valence-corrected chi connectivity index (χ0v) is 30.7. The van der Waals surface area contributed by atoms with Crippen molar-refractivity contribution >= 4 is 41.9 Å². The van der Waals surface area contributed by atoms with Crippen LogP contribution >= 0.6 is 0 Å². The monoisotopic (exact) mass is 782 g/mol. The Labute approximate surface area is 319 Å². The smallest absolute Gasteiger partial charge is 0.411 e. The van der Waals surface area contributed by atoms with E-state index in [1.54, 1.807) is 6.29 Å². The molecular formula is C37H38N2O17. The molecule has 2 radical (unpaired) electrons. The van der Waals surface area contributed by atoms with Crippen LogP contribution in [0.2, 0.25) is 0 Å². The SMILES string of the molecule is COC1C=C([C]=O)C(NC(=O)OCc2cccc([N+](=O)[O-])c2OC2O[C@H](COC(C)=O)[C@H](OC(C)=O)[C@H](OC(C)=O)[C@H]2OC(C)=O)=C[C]1OCc1ccccc1. The van der Waals surface area contributed by atoms with Crippen LogP contribution in [-0.4, -0.2) is 91.7 Å². The number of hydrogen-bond acceptors (Lipinski definition) is 17. The lowest BCUT2D eigenvalue weighted by Gasteiger charge is -2.43. The minimum atomic E-state index is -1.84. The van der Waals surface area contributed by atoms with E-state index in [1.807, 2.05) is 30.3 Å². The number of benzene rings is 2. The number of alkyl carbamates (subject to hydrolysis) is 1. The van der Waals surface area contributed by atoms with E-state index in [4.69, 9.17) is 42.6 Å². The van der Waals surface area contributed by atoms with Crippen molar-refractivity contribution in [2.75, 3.05) is 13.7 Å². The van der Waals surface area contributed by atoms with E-state index in [1.165, 1.54) is 31.4 Å². The van der Waals surface area contributed by atoms with Crippen LogP contribution < -0.4 is 10.1 Å². The number of nitrogens with zero attached hydrogens (tertiary/aromatic N) is 1. The molecule has 19 nitrogen and oxygen atoms in total. The molecule has 298 valence electrons. The number of carbonyl (C=O) groups is 5. The Kier molecular flexibility index (Phi) is 15.2. The highest BCUT2D eigenvalue weighted by Crippen LogP contribution is 2.37. The van der Waals surface area contributed by atoms with Crippen LogP contribution in [0.25, 0.3) is 0 Å². The van der Waals surface area contributed by atoms with Gasteiger partial charge >= 0.3 is 35.7 Å². The Bertz CT molecular complexity index is 1840. The maximum Gasteiger partial charge on any atom is 0.411 e. The van der Waals surface area contributed by atoms with Crippen LogP contribution in [0, 0.1) is 16.2 Å². The van der Waals surface area contributed by atoms with Crippen molar-refractivity contribution in [1.82, 2.24) is 5.32 Å². The summed E-state index contributed by atoms with van der Waals surface area (Å²) in [4.78, 5) is 84.6. The topological polar surface area (TPSA) is 241 Å². The normalized spacial score (nSPS) is 21.9. The molecule has 4 rings (SSSR count). The Morgan fingerprint density at radius 3 is 2.11 bits per heavy atom. The van der Waals surface area contributed by atoms with Gasteiger partial charge in [-0.05, 0) is 17.7 Å². The van der Waals surface area contributed by atoms with Crippen molar-refractivity contribution in [3.05, 3.63) is 99.3 Å². The lowest BCUT2D eigenvalue weighted by Crippen LogP contribution is -2.63. The molecular weight excluding hydrogens is 744 g/mol. The summed E-state index contributed by atoms with van der Waals surface area (Å²) in [5, 5.41) is 14.6. The quantitative estimate of drug-likeness (QED) is 0.111. The predicted octanol–water partition coefficient (Wildman–Crippen LogP) is 2.98. The molecule has 2 aromatic rings. The predicted molar refractivity (Wildman–Crippen MR) is 186 cm³/mol. The van der Waals surface area contributed by atoms with Crippen LogP contribution in [0.3, 0.4) is 0 Å². The van der Waals surface area contributed by atoms with Gasteiger partial charge in [-0.2, -0.15) is 0 Å². The average molecular weight is 783 g/mol. The van der Waals surface area contributed by atoms with Gasteiger partial charge in [-0.25, -0.2) is 4.79 Å². The lowest BCUT2D eigenvalue weighted by molar-refractivity contribution is -0.387. The first-order valence-electron chi connectivity index (χ1n) is 16.8. The molecule has 1 aliphatic carbocycles. The van der Waals surface area contributed by atoms with Crippen LogP contribution in [0.1, 0.15) is 38.8 Å². The first-order chi connectivity index (χ1) is 26.7. The summed E-state index contributed by atoms with van der Waals surface area (Å²) < 4.78 is 49.8. The first kappa shape index (κ1) is 42.6. The summed E-state index contributed by atoms with van der Waals surface area (Å²) in [6, 6.07) is 12.8. The standard InChI is InChI=1S/C37H38N2O17/c1-20(41)49-19-31-33(52-21(2)42)34(53-22(3)43)35(54-23(4)44)36(55-31)56-32-25(12-9-13-28(32)39(46)47)18-51-37(45)38-27-15-30(29(48-5)14-26(27)16-40)50-17-24-10-7-6-8-11-24/h6-15,29,31,33-36H,17-19H2,1-5H3,(H,38,45)/t29?,31-,33+,34+,35-,36?/m1/s1. The molecule has 2 unspecified atom stereocenters. The Morgan fingerprint density at radius 2 is 1.50 bits per heavy atom. The second-order valence-electron chi connectivity index (χ2n) is 12.0. The average Bonchev–Trinajstić information content (AvgIpc) is 3.14.